The van der Waals surface area contributed by atoms with Crippen molar-refractivity contribution in [3.8, 4) is 11.5 Å². The van der Waals surface area contributed by atoms with Crippen LogP contribution in [0.25, 0.3) is 0 Å². The Morgan fingerprint density at radius 1 is 0.765 bits per heavy atom. The molecule has 0 rings (SSSR count). The van der Waals surface area contributed by atoms with Crippen molar-refractivity contribution in [3.63, 3.8) is 0 Å². The molecule has 2 heteroatoms. The molecule has 100 valence electrons. The molecule has 0 saturated heterocycles. The predicted octanol–water partition coefficient (Wildman–Crippen LogP) is 5.55. The molecular weight excluding hydrogens is 236 g/mol. The lowest BCUT2D eigenvalue weighted by Gasteiger charge is -2.42. The van der Waals surface area contributed by atoms with Gasteiger partial charge in [0.1, 0.15) is 8.07 Å². The van der Waals surface area contributed by atoms with Gasteiger partial charge in [0.05, 0.1) is 8.07 Å². The summed E-state index contributed by atoms with van der Waals surface area (Å²) in [7, 11) is -2.48. The Balaban J connectivity index is 5.13. The Morgan fingerprint density at radius 2 is 1.12 bits per heavy atom. The van der Waals surface area contributed by atoms with Crippen LogP contribution in [0.1, 0.15) is 41.5 Å². The van der Waals surface area contributed by atoms with Crippen molar-refractivity contribution in [2.24, 2.45) is 0 Å². The summed E-state index contributed by atoms with van der Waals surface area (Å²) < 4.78 is 0. The zero-order chi connectivity index (χ0) is 13.9. The van der Waals surface area contributed by atoms with Crippen molar-refractivity contribution >= 4 is 16.1 Å². The zero-order valence-electron chi connectivity index (χ0n) is 13.4. The molecule has 0 N–H and O–H groups in total. The molecular formula is C15H32Si2. The van der Waals surface area contributed by atoms with Gasteiger partial charge < -0.3 is 0 Å². The van der Waals surface area contributed by atoms with Gasteiger partial charge in [-0.15, -0.1) is 11.5 Å². The lowest BCUT2D eigenvalue weighted by Crippen LogP contribution is -2.43. The number of hydrogen-bond acceptors (Lipinski definition) is 0. The average Bonchev–Trinajstić information content (AvgIpc) is 2.08. The largest absolute Gasteiger partial charge is 0.132 e. The Bertz CT molecular complexity index is 262. The highest BCUT2D eigenvalue weighted by Crippen LogP contribution is 2.44. The molecule has 17 heavy (non-hydrogen) atoms. The van der Waals surface area contributed by atoms with Crippen LogP contribution in [0.5, 0.6) is 0 Å². The van der Waals surface area contributed by atoms with Gasteiger partial charge in [-0.05, 0) is 16.6 Å². The maximum Gasteiger partial charge on any atom is 0.129 e. The fourth-order valence-electron chi connectivity index (χ4n) is 3.07. The summed E-state index contributed by atoms with van der Waals surface area (Å²) in [5.41, 5.74) is 6.06. The first-order chi connectivity index (χ1) is 7.54. The Hall–Kier alpha value is -0.00623. The molecule has 0 aromatic heterocycles. The highest BCUT2D eigenvalue weighted by molar-refractivity contribution is 6.85. The third-order valence-corrected chi connectivity index (χ3v) is 12.2. The van der Waals surface area contributed by atoms with Gasteiger partial charge in [0.15, 0.2) is 0 Å². The monoisotopic (exact) mass is 268 g/mol. The molecule has 0 saturated carbocycles. The minimum atomic E-state index is -1.28. The van der Waals surface area contributed by atoms with Gasteiger partial charge in [-0.3, -0.25) is 0 Å². The van der Waals surface area contributed by atoms with Crippen LogP contribution in [0.2, 0.25) is 42.3 Å². The molecule has 0 fully saturated rings. The van der Waals surface area contributed by atoms with Crippen LogP contribution >= 0.6 is 0 Å². The molecule has 0 atom stereocenters. The van der Waals surface area contributed by atoms with Crippen molar-refractivity contribution in [2.75, 3.05) is 0 Å². The van der Waals surface area contributed by atoms with E-state index in [1.54, 1.807) is 0 Å². The van der Waals surface area contributed by atoms with Crippen LogP contribution in [-0.4, -0.2) is 16.1 Å². The maximum absolute atomic E-state index is 3.58. The third-order valence-electron chi connectivity index (χ3n) is 4.08. The summed E-state index contributed by atoms with van der Waals surface area (Å²) in [5.74, 6) is 3.58. The summed E-state index contributed by atoms with van der Waals surface area (Å²) in [6, 6.07) is 1.20. The SMILES string of the molecule is CC(C)[Si](CC#C[Si](C)(C)C)(C(C)C)C(C)C. The van der Waals surface area contributed by atoms with Gasteiger partial charge >= 0.3 is 0 Å². The maximum atomic E-state index is 3.58. The molecule has 0 bridgehead atoms. The van der Waals surface area contributed by atoms with Crippen molar-refractivity contribution in [1.82, 2.24) is 0 Å². The molecule has 0 aliphatic heterocycles. The summed E-state index contributed by atoms with van der Waals surface area (Å²) >= 11 is 0. The molecule has 0 unspecified atom stereocenters. The molecule has 0 nitrogen and oxygen atoms in total. The summed E-state index contributed by atoms with van der Waals surface area (Å²) in [5, 5.41) is 0. The van der Waals surface area contributed by atoms with Crippen LogP contribution in [0.3, 0.4) is 0 Å². The second-order valence-corrected chi connectivity index (χ2v) is 18.1. The lowest BCUT2D eigenvalue weighted by atomic mass is 10.5. The van der Waals surface area contributed by atoms with E-state index in [9.17, 15) is 0 Å². The van der Waals surface area contributed by atoms with Crippen LogP contribution < -0.4 is 0 Å². The summed E-state index contributed by atoms with van der Waals surface area (Å²) in [6.07, 6.45) is 0. The molecule has 0 heterocycles. The quantitative estimate of drug-likeness (QED) is 0.463. The molecule has 0 aliphatic rings. The smallest absolute Gasteiger partial charge is 0.129 e. The first-order valence-corrected chi connectivity index (χ1v) is 13.0. The Morgan fingerprint density at radius 3 is 1.35 bits per heavy atom. The van der Waals surface area contributed by atoms with Gasteiger partial charge in [0.2, 0.25) is 0 Å². The van der Waals surface area contributed by atoms with Gasteiger partial charge in [0.25, 0.3) is 0 Å². The van der Waals surface area contributed by atoms with E-state index in [2.05, 4.69) is 72.6 Å². The van der Waals surface area contributed by atoms with Gasteiger partial charge in [-0.2, -0.15) is 0 Å². The third kappa shape index (κ3) is 4.64. The average molecular weight is 269 g/mol. The fraction of sp³-hybridized carbons (Fsp3) is 0.867. The lowest BCUT2D eigenvalue weighted by molar-refractivity contribution is 0.813. The first kappa shape index (κ1) is 17.0. The predicted molar refractivity (Wildman–Crippen MR) is 87.0 cm³/mol. The number of hydrogen-bond donors (Lipinski definition) is 0. The highest BCUT2D eigenvalue weighted by atomic mass is 28.3. The van der Waals surface area contributed by atoms with E-state index in [4.69, 9.17) is 0 Å². The Labute approximate surface area is 112 Å². The van der Waals surface area contributed by atoms with Gasteiger partial charge in [-0.25, -0.2) is 0 Å². The normalized spacial score (nSPS) is 13.2. The van der Waals surface area contributed by atoms with Crippen molar-refractivity contribution in [2.45, 2.75) is 83.9 Å². The van der Waals surface area contributed by atoms with Crippen LogP contribution in [0.15, 0.2) is 0 Å². The standard InChI is InChI=1S/C15H32Si2/c1-13(2)17(14(3)4,15(5)6)12-10-11-16(7,8)9/h13-15H,12H2,1-9H3. The molecule has 0 aromatic carbocycles. The second kappa shape index (κ2) is 6.25. The van der Waals surface area contributed by atoms with Crippen LogP contribution in [0, 0.1) is 11.5 Å². The van der Waals surface area contributed by atoms with Crippen molar-refractivity contribution < 1.29 is 0 Å². The van der Waals surface area contributed by atoms with Crippen molar-refractivity contribution in [3.05, 3.63) is 0 Å². The van der Waals surface area contributed by atoms with Gasteiger partial charge in [-0.1, -0.05) is 61.2 Å². The zero-order valence-corrected chi connectivity index (χ0v) is 15.4. The van der Waals surface area contributed by atoms with Crippen LogP contribution in [-0.2, 0) is 0 Å². The molecule has 0 radical (unpaired) electrons. The fourth-order valence-corrected chi connectivity index (χ4v) is 9.49. The van der Waals surface area contributed by atoms with E-state index in [1.165, 1.54) is 6.04 Å². The summed E-state index contributed by atoms with van der Waals surface area (Å²) in [6.45, 7) is 21.5. The molecule has 0 aliphatic carbocycles. The second-order valence-electron chi connectivity index (χ2n) is 7.31. The van der Waals surface area contributed by atoms with Gasteiger partial charge in [0, 0.05) is 6.04 Å². The van der Waals surface area contributed by atoms with E-state index >= 15 is 0 Å². The van der Waals surface area contributed by atoms with E-state index in [0.29, 0.717) is 0 Å². The minimum Gasteiger partial charge on any atom is -0.132 e. The van der Waals surface area contributed by atoms with Crippen molar-refractivity contribution in [1.29, 1.82) is 0 Å². The van der Waals surface area contributed by atoms with E-state index in [0.717, 1.165) is 16.6 Å². The summed E-state index contributed by atoms with van der Waals surface area (Å²) in [4.78, 5) is 0. The Kier molecular flexibility index (Phi) is 6.24. The van der Waals surface area contributed by atoms with Crippen LogP contribution in [0.4, 0.5) is 0 Å². The van der Waals surface area contributed by atoms with E-state index < -0.39 is 16.1 Å². The molecule has 0 spiro atoms. The number of rotatable bonds is 4. The topological polar surface area (TPSA) is 0 Å². The molecule has 0 aromatic rings. The van der Waals surface area contributed by atoms with E-state index in [-0.39, 0.29) is 0 Å². The highest BCUT2D eigenvalue weighted by Gasteiger charge is 2.41. The minimum absolute atomic E-state index is 0.832. The first-order valence-electron chi connectivity index (χ1n) is 7.04. The van der Waals surface area contributed by atoms with E-state index in [1.807, 2.05) is 0 Å². The molecule has 0 amide bonds.